The molecule has 4 fully saturated rings. The average molecular weight is 428 g/mol. The number of Topliss-reactive ketones (excluding diaryl/α,β-unsaturated/α-hetero) is 1. The fourth-order valence-corrected chi connectivity index (χ4v) is 8.79. The lowest BCUT2D eigenvalue weighted by molar-refractivity contribution is -0.134. The van der Waals surface area contributed by atoms with Gasteiger partial charge in [-0.3, -0.25) is 4.79 Å². The van der Waals surface area contributed by atoms with Gasteiger partial charge in [0, 0.05) is 5.92 Å². The van der Waals surface area contributed by atoms with Crippen LogP contribution in [0.25, 0.3) is 0 Å². The number of hydrogen-bond donors (Lipinski definition) is 1. The molecule has 1 N–H and O–H groups in total. The summed E-state index contributed by atoms with van der Waals surface area (Å²) in [6.45, 7) is 6.47. The van der Waals surface area contributed by atoms with Gasteiger partial charge in [-0.25, -0.2) is 0 Å². The van der Waals surface area contributed by atoms with Gasteiger partial charge in [0.1, 0.15) is 6.04 Å². The Morgan fingerprint density at radius 2 is 1.74 bits per heavy atom. The molecule has 0 aliphatic heterocycles. The molecule has 1 aromatic heterocycles. The maximum atomic E-state index is 13.5. The van der Waals surface area contributed by atoms with Crippen molar-refractivity contribution in [1.82, 2.24) is 15.0 Å². The predicted molar refractivity (Wildman–Crippen MR) is 120 cm³/mol. The number of ketones is 1. The molecule has 172 valence electrons. The lowest BCUT2D eigenvalue weighted by Crippen LogP contribution is -2.50. The summed E-state index contributed by atoms with van der Waals surface area (Å²) in [5.41, 5.74) is -0.333. The number of nitrogens with zero attached hydrogens (tertiary/aromatic N) is 3. The number of aromatic nitrogens is 3. The van der Waals surface area contributed by atoms with Crippen molar-refractivity contribution in [3.8, 4) is 0 Å². The van der Waals surface area contributed by atoms with Crippen LogP contribution < -0.4 is 0 Å². The first kappa shape index (κ1) is 21.6. The van der Waals surface area contributed by atoms with Crippen molar-refractivity contribution >= 4 is 5.78 Å². The second-order valence-electron chi connectivity index (χ2n) is 12.0. The smallest absolute Gasteiger partial charge is 0.162 e. The van der Waals surface area contributed by atoms with Gasteiger partial charge < -0.3 is 5.11 Å². The van der Waals surface area contributed by atoms with E-state index in [0.717, 1.165) is 37.0 Å². The number of aliphatic hydroxyl groups is 1. The van der Waals surface area contributed by atoms with Gasteiger partial charge in [-0.05, 0) is 107 Å². The quantitative estimate of drug-likeness (QED) is 0.719. The van der Waals surface area contributed by atoms with Gasteiger partial charge in [-0.1, -0.05) is 19.8 Å². The van der Waals surface area contributed by atoms with Crippen molar-refractivity contribution in [1.29, 1.82) is 0 Å². The molecular weight excluding hydrogens is 386 g/mol. The van der Waals surface area contributed by atoms with Gasteiger partial charge in [0.25, 0.3) is 0 Å². The van der Waals surface area contributed by atoms with Crippen LogP contribution in [-0.4, -0.2) is 31.5 Å². The van der Waals surface area contributed by atoms with Crippen LogP contribution >= 0.6 is 0 Å². The maximum Gasteiger partial charge on any atom is 0.162 e. The number of carbonyl (C=O) groups is 1. The van der Waals surface area contributed by atoms with E-state index in [0.29, 0.717) is 17.6 Å². The first-order valence-electron chi connectivity index (χ1n) is 12.9. The fourth-order valence-electron chi connectivity index (χ4n) is 8.79. The Morgan fingerprint density at radius 1 is 0.968 bits per heavy atom. The van der Waals surface area contributed by atoms with E-state index in [-0.39, 0.29) is 17.4 Å². The lowest BCUT2D eigenvalue weighted by atomic mass is 9.49. The van der Waals surface area contributed by atoms with E-state index >= 15 is 0 Å². The van der Waals surface area contributed by atoms with Crippen molar-refractivity contribution in [3.05, 3.63) is 12.4 Å². The first-order chi connectivity index (χ1) is 14.8. The van der Waals surface area contributed by atoms with Crippen LogP contribution in [0.4, 0.5) is 0 Å². The molecule has 31 heavy (non-hydrogen) atoms. The number of carbonyl (C=O) groups excluding carboxylic acids is 1. The number of rotatable bonds is 3. The molecule has 0 aromatic carbocycles. The van der Waals surface area contributed by atoms with Crippen LogP contribution in [0.5, 0.6) is 0 Å². The molecule has 4 saturated carbocycles. The van der Waals surface area contributed by atoms with E-state index < -0.39 is 5.60 Å². The molecule has 1 aromatic rings. The Labute approximate surface area is 187 Å². The van der Waals surface area contributed by atoms with Crippen molar-refractivity contribution in [2.75, 3.05) is 0 Å². The zero-order valence-corrected chi connectivity index (χ0v) is 19.7. The largest absolute Gasteiger partial charge is 0.390 e. The third-order valence-corrected chi connectivity index (χ3v) is 10.3. The standard InChI is InChI=1S/C26H41N3O2/c1-17(29-27-14-15-28-29)24(30)23-10-9-22-21-8-7-18-16-25(2,31)12-5-4-6-19(18)20(21)11-13-26(22,23)3/h14-15,17-23,31H,4-13,16H2,1-3H3/t17-,18-,19+,20+,21+,22-,23+,25+,26-/m0/s1. The Bertz CT molecular complexity index is 791. The van der Waals surface area contributed by atoms with Crippen LogP contribution in [0.15, 0.2) is 12.4 Å². The monoisotopic (exact) mass is 427 g/mol. The Kier molecular flexibility index (Phi) is 5.55. The van der Waals surface area contributed by atoms with Crippen LogP contribution in [0.1, 0.15) is 97.4 Å². The maximum absolute atomic E-state index is 13.5. The van der Waals surface area contributed by atoms with Gasteiger partial charge in [-0.2, -0.15) is 15.0 Å². The second-order valence-corrected chi connectivity index (χ2v) is 12.0. The minimum atomic E-state index is -0.471. The predicted octanol–water partition coefficient (Wildman–Crippen LogP) is 5.21. The minimum absolute atomic E-state index is 0.139. The fraction of sp³-hybridized carbons (Fsp3) is 0.885. The van der Waals surface area contributed by atoms with E-state index in [1.165, 1.54) is 51.4 Å². The summed E-state index contributed by atoms with van der Waals surface area (Å²) < 4.78 is 0. The topological polar surface area (TPSA) is 68.0 Å². The average Bonchev–Trinajstić information content (AvgIpc) is 3.37. The van der Waals surface area contributed by atoms with Gasteiger partial charge in [0.2, 0.25) is 0 Å². The van der Waals surface area contributed by atoms with Crippen LogP contribution in [0.2, 0.25) is 0 Å². The Balaban J connectivity index is 1.34. The molecule has 0 amide bonds. The minimum Gasteiger partial charge on any atom is -0.390 e. The summed E-state index contributed by atoms with van der Waals surface area (Å²) in [6.07, 6.45) is 16.4. The first-order valence-corrected chi connectivity index (χ1v) is 12.9. The highest BCUT2D eigenvalue weighted by Gasteiger charge is 2.58. The summed E-state index contributed by atoms with van der Waals surface area (Å²) in [6, 6.07) is -0.267. The molecule has 0 saturated heterocycles. The molecule has 4 aliphatic carbocycles. The molecule has 9 atom stereocenters. The lowest BCUT2D eigenvalue weighted by Gasteiger charge is -2.55. The van der Waals surface area contributed by atoms with Crippen molar-refractivity contribution in [3.63, 3.8) is 0 Å². The third-order valence-electron chi connectivity index (χ3n) is 10.3. The summed E-state index contributed by atoms with van der Waals surface area (Å²) in [5, 5.41) is 19.4. The Hall–Kier alpha value is -1.23. The summed E-state index contributed by atoms with van der Waals surface area (Å²) >= 11 is 0. The highest BCUT2D eigenvalue weighted by molar-refractivity contribution is 5.85. The molecule has 5 heteroatoms. The second kappa shape index (κ2) is 7.97. The molecule has 5 rings (SSSR count). The molecule has 1 heterocycles. The normalized spacial score (nSPS) is 46.2. The van der Waals surface area contributed by atoms with Crippen molar-refractivity contribution < 1.29 is 9.90 Å². The van der Waals surface area contributed by atoms with Crippen LogP contribution in [0, 0.1) is 40.9 Å². The number of hydrogen-bond acceptors (Lipinski definition) is 4. The molecule has 0 spiro atoms. The van der Waals surface area contributed by atoms with E-state index in [9.17, 15) is 9.90 Å². The van der Waals surface area contributed by atoms with Crippen LogP contribution in [0.3, 0.4) is 0 Å². The summed E-state index contributed by atoms with van der Waals surface area (Å²) in [5.74, 6) is 4.25. The van der Waals surface area contributed by atoms with Crippen LogP contribution in [-0.2, 0) is 4.79 Å². The molecule has 0 unspecified atom stereocenters. The van der Waals surface area contributed by atoms with Crippen molar-refractivity contribution in [2.45, 2.75) is 103 Å². The summed E-state index contributed by atoms with van der Waals surface area (Å²) in [4.78, 5) is 15.1. The number of fused-ring (bicyclic) bond motifs is 5. The molecule has 0 bridgehead atoms. The van der Waals surface area contributed by atoms with E-state index in [2.05, 4.69) is 24.0 Å². The molecular formula is C26H41N3O2. The van der Waals surface area contributed by atoms with Gasteiger partial charge in [0.05, 0.1) is 18.0 Å². The van der Waals surface area contributed by atoms with Crippen molar-refractivity contribution in [2.24, 2.45) is 40.9 Å². The van der Waals surface area contributed by atoms with E-state index in [4.69, 9.17) is 0 Å². The third kappa shape index (κ3) is 3.69. The van der Waals surface area contributed by atoms with Gasteiger partial charge >= 0.3 is 0 Å². The summed E-state index contributed by atoms with van der Waals surface area (Å²) in [7, 11) is 0. The van der Waals surface area contributed by atoms with E-state index in [1.807, 2.05) is 6.92 Å². The Morgan fingerprint density at radius 3 is 2.52 bits per heavy atom. The molecule has 0 radical (unpaired) electrons. The SMILES string of the molecule is C[C@@H](C(=O)[C@H]1CC[C@H]2[C@@H]3CC[C@H]4C[C@](C)(O)CCCC[C@H]4[C@H]3CC[C@]12C)n1nccn1. The molecule has 5 nitrogen and oxygen atoms in total. The van der Waals surface area contributed by atoms with Gasteiger partial charge in [-0.15, -0.1) is 0 Å². The highest BCUT2D eigenvalue weighted by atomic mass is 16.3. The zero-order valence-electron chi connectivity index (χ0n) is 19.7. The zero-order chi connectivity index (χ0) is 21.8. The van der Waals surface area contributed by atoms with E-state index in [1.54, 1.807) is 17.2 Å². The highest BCUT2D eigenvalue weighted by Crippen LogP contribution is 2.64. The molecule has 4 aliphatic rings. The van der Waals surface area contributed by atoms with Gasteiger partial charge in [0.15, 0.2) is 5.78 Å².